The van der Waals surface area contributed by atoms with Crippen LogP contribution in [0.5, 0.6) is 0 Å². The van der Waals surface area contributed by atoms with Gasteiger partial charge in [-0.2, -0.15) is 0 Å². The first-order valence-corrected chi connectivity index (χ1v) is 5.15. The van der Waals surface area contributed by atoms with Gasteiger partial charge in [0, 0.05) is 32.7 Å². The van der Waals surface area contributed by atoms with Gasteiger partial charge in [-0.3, -0.25) is 4.79 Å². The Balaban J connectivity index is 1.78. The summed E-state index contributed by atoms with van der Waals surface area (Å²) in [5, 5.41) is 12.0. The van der Waals surface area contributed by atoms with Crippen LogP contribution in [0, 0.1) is 0 Å². The molecule has 0 aromatic carbocycles. The second-order valence-corrected chi connectivity index (χ2v) is 3.92. The minimum Gasteiger partial charge on any atom is -0.391 e. The molecule has 2 fully saturated rings. The zero-order valence-electron chi connectivity index (χ0n) is 8.48. The molecule has 0 spiro atoms. The Kier molecular flexibility index (Phi) is 2.77. The largest absolute Gasteiger partial charge is 0.391 e. The van der Waals surface area contributed by atoms with Gasteiger partial charge in [-0.1, -0.05) is 0 Å². The van der Waals surface area contributed by atoms with E-state index in [9.17, 15) is 14.7 Å². The molecule has 6 heteroatoms. The lowest BCUT2D eigenvalue weighted by molar-refractivity contribution is -0.127. The van der Waals surface area contributed by atoms with Crippen LogP contribution in [0.4, 0.5) is 4.79 Å². The Morgan fingerprint density at radius 1 is 1.33 bits per heavy atom. The molecule has 1 atom stereocenters. The van der Waals surface area contributed by atoms with Crippen molar-refractivity contribution in [2.75, 3.05) is 32.7 Å². The molecule has 84 valence electrons. The molecule has 0 aromatic rings. The summed E-state index contributed by atoms with van der Waals surface area (Å²) < 4.78 is 0. The number of amides is 3. The molecule has 0 aliphatic carbocycles. The summed E-state index contributed by atoms with van der Waals surface area (Å²) in [6.45, 7) is 2.83. The van der Waals surface area contributed by atoms with E-state index in [2.05, 4.69) is 5.32 Å². The lowest BCUT2D eigenvalue weighted by Crippen LogP contribution is -2.37. The van der Waals surface area contributed by atoms with Crippen molar-refractivity contribution in [1.82, 2.24) is 15.1 Å². The zero-order chi connectivity index (χ0) is 10.8. The maximum absolute atomic E-state index is 11.3. The molecule has 2 aliphatic rings. The highest BCUT2D eigenvalue weighted by Crippen LogP contribution is 2.10. The van der Waals surface area contributed by atoms with Crippen molar-refractivity contribution in [1.29, 1.82) is 0 Å². The number of hydrogen-bond donors (Lipinski definition) is 2. The van der Waals surface area contributed by atoms with Gasteiger partial charge in [-0.15, -0.1) is 0 Å². The molecule has 2 aliphatic heterocycles. The molecule has 0 saturated carbocycles. The number of aliphatic hydroxyl groups is 1. The Bertz CT molecular complexity index is 282. The van der Waals surface area contributed by atoms with E-state index in [-0.39, 0.29) is 18.4 Å². The summed E-state index contributed by atoms with van der Waals surface area (Å²) >= 11 is 0. The van der Waals surface area contributed by atoms with E-state index in [1.807, 2.05) is 0 Å². The van der Waals surface area contributed by atoms with Gasteiger partial charge in [0.05, 0.1) is 12.5 Å². The maximum Gasteiger partial charge on any atom is 0.317 e. The van der Waals surface area contributed by atoms with E-state index < -0.39 is 6.10 Å². The second kappa shape index (κ2) is 4.06. The van der Waals surface area contributed by atoms with Gasteiger partial charge in [0.2, 0.25) is 5.91 Å². The van der Waals surface area contributed by atoms with Crippen molar-refractivity contribution in [2.24, 2.45) is 0 Å². The SMILES string of the molecule is O=C1CC(O)CN1CCN1CCNC1=O. The molecular weight excluding hydrogens is 198 g/mol. The van der Waals surface area contributed by atoms with Crippen LogP contribution in [0.3, 0.4) is 0 Å². The third-order valence-corrected chi connectivity index (χ3v) is 2.78. The molecule has 1 unspecified atom stereocenters. The van der Waals surface area contributed by atoms with Crippen LogP contribution in [0.1, 0.15) is 6.42 Å². The third-order valence-electron chi connectivity index (χ3n) is 2.78. The quantitative estimate of drug-likeness (QED) is 0.606. The lowest BCUT2D eigenvalue weighted by atomic mass is 10.3. The molecule has 15 heavy (non-hydrogen) atoms. The highest BCUT2D eigenvalue weighted by atomic mass is 16.3. The minimum atomic E-state index is -0.537. The number of likely N-dealkylation sites (tertiary alicyclic amines) is 1. The predicted octanol–water partition coefficient (Wildman–Crippen LogP) is -1.40. The molecule has 6 nitrogen and oxygen atoms in total. The number of carbonyl (C=O) groups excluding carboxylic acids is 2. The number of nitrogens with one attached hydrogen (secondary N) is 1. The second-order valence-electron chi connectivity index (χ2n) is 3.92. The normalized spacial score (nSPS) is 26.3. The van der Waals surface area contributed by atoms with Gasteiger partial charge in [-0.25, -0.2) is 4.79 Å². The molecule has 2 heterocycles. The van der Waals surface area contributed by atoms with Crippen LogP contribution in [0.25, 0.3) is 0 Å². The van der Waals surface area contributed by atoms with Gasteiger partial charge in [-0.05, 0) is 0 Å². The smallest absolute Gasteiger partial charge is 0.317 e. The van der Waals surface area contributed by atoms with E-state index in [0.29, 0.717) is 32.7 Å². The number of carbonyl (C=O) groups is 2. The van der Waals surface area contributed by atoms with E-state index in [4.69, 9.17) is 0 Å². The monoisotopic (exact) mass is 213 g/mol. The van der Waals surface area contributed by atoms with Crippen LogP contribution < -0.4 is 5.32 Å². The van der Waals surface area contributed by atoms with Gasteiger partial charge in [0.25, 0.3) is 0 Å². The average molecular weight is 213 g/mol. The third kappa shape index (κ3) is 2.20. The summed E-state index contributed by atoms with van der Waals surface area (Å²) in [4.78, 5) is 25.8. The minimum absolute atomic E-state index is 0.0258. The predicted molar refractivity (Wildman–Crippen MR) is 52.2 cm³/mol. The highest BCUT2D eigenvalue weighted by molar-refractivity contribution is 5.79. The Morgan fingerprint density at radius 3 is 2.60 bits per heavy atom. The van der Waals surface area contributed by atoms with Crippen LogP contribution in [-0.2, 0) is 4.79 Å². The van der Waals surface area contributed by atoms with Crippen molar-refractivity contribution in [3.63, 3.8) is 0 Å². The van der Waals surface area contributed by atoms with E-state index in [1.54, 1.807) is 9.80 Å². The molecule has 0 radical (unpaired) electrons. The van der Waals surface area contributed by atoms with Crippen LogP contribution in [0.15, 0.2) is 0 Å². The number of aliphatic hydroxyl groups excluding tert-OH is 1. The molecular formula is C9H15N3O3. The Hall–Kier alpha value is -1.30. The first kappa shape index (κ1) is 10.2. The summed E-state index contributed by atoms with van der Waals surface area (Å²) in [5.74, 6) is -0.0258. The first-order valence-electron chi connectivity index (χ1n) is 5.15. The maximum atomic E-state index is 11.3. The fraction of sp³-hybridized carbons (Fsp3) is 0.778. The Labute approximate surface area is 87.8 Å². The number of nitrogens with zero attached hydrogens (tertiary/aromatic N) is 2. The molecule has 0 bridgehead atoms. The number of β-amino-alcohol motifs (C(OH)–C–C–N with tert-alkyl or cyclic N) is 1. The van der Waals surface area contributed by atoms with E-state index in [0.717, 1.165) is 0 Å². The van der Waals surface area contributed by atoms with Crippen LogP contribution in [-0.4, -0.2) is 65.7 Å². The van der Waals surface area contributed by atoms with Crippen molar-refractivity contribution in [3.05, 3.63) is 0 Å². The standard InChI is InChI=1S/C9H15N3O3/c13-7-5-8(14)12(6-7)4-3-11-2-1-10-9(11)15/h7,13H,1-6H2,(H,10,15). The molecule has 2 saturated heterocycles. The summed E-state index contributed by atoms with van der Waals surface area (Å²) in [7, 11) is 0. The van der Waals surface area contributed by atoms with Gasteiger partial charge in [0.1, 0.15) is 0 Å². The average Bonchev–Trinajstić information content (AvgIpc) is 2.70. The van der Waals surface area contributed by atoms with Crippen LogP contribution in [0.2, 0.25) is 0 Å². The van der Waals surface area contributed by atoms with Gasteiger partial charge < -0.3 is 20.2 Å². The van der Waals surface area contributed by atoms with Crippen molar-refractivity contribution in [3.8, 4) is 0 Å². The van der Waals surface area contributed by atoms with Crippen molar-refractivity contribution < 1.29 is 14.7 Å². The summed E-state index contributed by atoms with van der Waals surface area (Å²) in [6.07, 6.45) is -0.323. The summed E-state index contributed by atoms with van der Waals surface area (Å²) in [6, 6.07) is -0.0674. The molecule has 0 aromatic heterocycles. The van der Waals surface area contributed by atoms with Gasteiger partial charge >= 0.3 is 6.03 Å². The lowest BCUT2D eigenvalue weighted by Gasteiger charge is -2.20. The first-order chi connectivity index (χ1) is 7.16. The Morgan fingerprint density at radius 2 is 2.07 bits per heavy atom. The molecule has 3 amide bonds. The topological polar surface area (TPSA) is 72.9 Å². The molecule has 2 rings (SSSR count). The zero-order valence-corrected chi connectivity index (χ0v) is 8.48. The van der Waals surface area contributed by atoms with E-state index >= 15 is 0 Å². The fourth-order valence-electron chi connectivity index (χ4n) is 1.93. The summed E-state index contributed by atoms with van der Waals surface area (Å²) in [5.41, 5.74) is 0. The number of rotatable bonds is 3. The number of urea groups is 1. The van der Waals surface area contributed by atoms with Gasteiger partial charge in [0.15, 0.2) is 0 Å². The molecule has 2 N–H and O–H groups in total. The number of hydrogen-bond acceptors (Lipinski definition) is 3. The fourth-order valence-corrected chi connectivity index (χ4v) is 1.93. The van der Waals surface area contributed by atoms with Crippen LogP contribution >= 0.6 is 0 Å². The van der Waals surface area contributed by atoms with Crippen molar-refractivity contribution in [2.45, 2.75) is 12.5 Å². The van der Waals surface area contributed by atoms with E-state index in [1.165, 1.54) is 0 Å². The van der Waals surface area contributed by atoms with Crippen molar-refractivity contribution >= 4 is 11.9 Å². The highest BCUT2D eigenvalue weighted by Gasteiger charge is 2.28.